The third-order valence-corrected chi connectivity index (χ3v) is 4.45. The molecule has 1 aromatic rings. The van der Waals surface area contributed by atoms with Gasteiger partial charge in [0.2, 0.25) is 0 Å². The van der Waals surface area contributed by atoms with E-state index in [4.69, 9.17) is 0 Å². The summed E-state index contributed by atoms with van der Waals surface area (Å²) in [5.74, 6) is -0.669. The van der Waals surface area contributed by atoms with Crippen LogP contribution in [0.1, 0.15) is 27.7 Å². The highest BCUT2D eigenvalue weighted by molar-refractivity contribution is 5.53. The molecule has 1 aliphatic rings. The summed E-state index contributed by atoms with van der Waals surface area (Å²) in [6, 6.07) is 3.72. The molecule has 1 atom stereocenters. The molecule has 110 valence electrons. The maximum atomic E-state index is 14.1. The first kappa shape index (κ1) is 14.8. The average Bonchev–Trinajstić information content (AvgIpc) is 2.71. The number of benzene rings is 1. The zero-order chi connectivity index (χ0) is 15.1. The van der Waals surface area contributed by atoms with Crippen LogP contribution < -0.4 is 4.90 Å². The molecule has 0 aromatic heterocycles. The summed E-state index contributed by atoms with van der Waals surface area (Å²) in [4.78, 5) is 3.96. The summed E-state index contributed by atoms with van der Waals surface area (Å²) in [6.45, 7) is 8.65. The lowest BCUT2D eigenvalue weighted by atomic mass is 9.77. The molecule has 1 heterocycles. The highest BCUT2D eigenvalue weighted by atomic mass is 19.1. The number of hydrogen-bond acceptors (Lipinski definition) is 2. The van der Waals surface area contributed by atoms with Crippen LogP contribution in [0.3, 0.4) is 0 Å². The third kappa shape index (κ3) is 2.39. The van der Waals surface area contributed by atoms with Crippen molar-refractivity contribution in [1.29, 1.82) is 0 Å². The Hall–Kier alpha value is -1.58. The van der Waals surface area contributed by atoms with E-state index in [1.54, 1.807) is 0 Å². The molecular formula is C16H22F2N2. The Bertz CT molecular complexity index is 523. The Morgan fingerprint density at radius 3 is 2.35 bits per heavy atom. The minimum atomic E-state index is -0.553. The van der Waals surface area contributed by atoms with E-state index in [-0.39, 0.29) is 11.6 Å². The van der Waals surface area contributed by atoms with E-state index in [9.17, 15) is 8.78 Å². The summed E-state index contributed by atoms with van der Waals surface area (Å²) in [5.41, 5.74) is 0.352. The Morgan fingerprint density at radius 1 is 1.15 bits per heavy atom. The van der Waals surface area contributed by atoms with Crippen molar-refractivity contribution in [1.82, 2.24) is 4.90 Å². The van der Waals surface area contributed by atoms with Gasteiger partial charge in [0, 0.05) is 30.9 Å². The maximum absolute atomic E-state index is 14.1. The Labute approximate surface area is 119 Å². The first-order chi connectivity index (χ1) is 9.25. The van der Waals surface area contributed by atoms with Crippen molar-refractivity contribution in [3.05, 3.63) is 42.2 Å². The summed E-state index contributed by atoms with van der Waals surface area (Å²) in [6.07, 6.45) is 3.78. The van der Waals surface area contributed by atoms with Crippen molar-refractivity contribution in [2.45, 2.75) is 33.9 Å². The second-order valence-corrected chi connectivity index (χ2v) is 6.32. The molecule has 0 spiro atoms. The minimum absolute atomic E-state index is 0.00228. The van der Waals surface area contributed by atoms with Gasteiger partial charge in [0.1, 0.15) is 17.8 Å². The topological polar surface area (TPSA) is 6.48 Å². The Balaban J connectivity index is 2.42. The molecule has 0 saturated heterocycles. The van der Waals surface area contributed by atoms with Gasteiger partial charge in [-0.25, -0.2) is 8.78 Å². The highest BCUT2D eigenvalue weighted by Crippen LogP contribution is 2.40. The summed E-state index contributed by atoms with van der Waals surface area (Å²) < 4.78 is 27.1. The smallest absolute Gasteiger partial charge is 0.149 e. The fourth-order valence-corrected chi connectivity index (χ4v) is 2.62. The van der Waals surface area contributed by atoms with Crippen molar-refractivity contribution in [2.75, 3.05) is 11.9 Å². The Morgan fingerprint density at radius 2 is 1.80 bits per heavy atom. The molecule has 0 saturated carbocycles. The van der Waals surface area contributed by atoms with Crippen LogP contribution >= 0.6 is 0 Å². The highest BCUT2D eigenvalue weighted by Gasteiger charge is 2.41. The lowest BCUT2D eigenvalue weighted by molar-refractivity contribution is 0.114. The number of rotatable bonds is 3. The molecule has 2 nitrogen and oxygen atoms in total. The minimum Gasteiger partial charge on any atom is -0.358 e. The molecule has 4 heteroatoms. The molecule has 1 aliphatic heterocycles. The molecule has 0 radical (unpaired) electrons. The third-order valence-electron chi connectivity index (χ3n) is 4.45. The molecule has 2 rings (SSSR count). The largest absolute Gasteiger partial charge is 0.358 e. The van der Waals surface area contributed by atoms with Gasteiger partial charge in [-0.1, -0.05) is 27.7 Å². The number of halogens is 2. The van der Waals surface area contributed by atoms with Crippen LogP contribution in [-0.4, -0.2) is 18.1 Å². The van der Waals surface area contributed by atoms with E-state index in [0.717, 1.165) is 6.07 Å². The van der Waals surface area contributed by atoms with E-state index < -0.39 is 11.6 Å². The molecule has 20 heavy (non-hydrogen) atoms. The van der Waals surface area contributed by atoms with Crippen molar-refractivity contribution in [3.63, 3.8) is 0 Å². The molecule has 0 fully saturated rings. The molecule has 1 aromatic carbocycles. The van der Waals surface area contributed by atoms with Gasteiger partial charge in [-0.05, 0) is 18.1 Å². The van der Waals surface area contributed by atoms with E-state index in [1.165, 1.54) is 12.1 Å². The van der Waals surface area contributed by atoms with Crippen LogP contribution in [0.25, 0.3) is 0 Å². The zero-order valence-corrected chi connectivity index (χ0v) is 12.7. The quantitative estimate of drug-likeness (QED) is 0.819. The van der Waals surface area contributed by atoms with Crippen molar-refractivity contribution < 1.29 is 8.78 Å². The number of hydrogen-bond donors (Lipinski definition) is 0. The zero-order valence-electron chi connectivity index (χ0n) is 12.7. The van der Waals surface area contributed by atoms with Gasteiger partial charge >= 0.3 is 0 Å². The van der Waals surface area contributed by atoms with Crippen molar-refractivity contribution in [3.8, 4) is 0 Å². The van der Waals surface area contributed by atoms with Gasteiger partial charge in [0.25, 0.3) is 0 Å². The van der Waals surface area contributed by atoms with E-state index in [0.29, 0.717) is 11.6 Å². The predicted octanol–water partition coefficient (Wildman–Crippen LogP) is 4.20. The average molecular weight is 280 g/mol. The van der Waals surface area contributed by atoms with Crippen LogP contribution in [-0.2, 0) is 0 Å². The fraction of sp³-hybridized carbons (Fsp3) is 0.500. The van der Waals surface area contributed by atoms with Gasteiger partial charge in [-0.3, -0.25) is 0 Å². The lowest BCUT2D eigenvalue weighted by Gasteiger charge is -2.44. The monoisotopic (exact) mass is 280 g/mol. The first-order valence-electron chi connectivity index (χ1n) is 6.88. The standard InChI is InChI=1S/C16H22F2N2/c1-11(2)16(3,4)15-19(5)8-9-20(15)14-7-6-12(17)10-13(14)18/h6-11,15H,1-5H3. The fourth-order valence-electron chi connectivity index (χ4n) is 2.62. The van der Waals surface area contributed by atoms with Gasteiger partial charge in [0.15, 0.2) is 0 Å². The van der Waals surface area contributed by atoms with E-state index >= 15 is 0 Å². The number of nitrogens with zero attached hydrogens (tertiary/aromatic N) is 2. The van der Waals surface area contributed by atoms with Crippen molar-refractivity contribution >= 4 is 5.69 Å². The van der Waals surface area contributed by atoms with E-state index in [1.807, 2.05) is 24.3 Å². The maximum Gasteiger partial charge on any atom is 0.149 e. The van der Waals surface area contributed by atoms with Crippen LogP contribution in [0.15, 0.2) is 30.6 Å². The normalized spacial score (nSPS) is 19.3. The van der Waals surface area contributed by atoms with Crippen LogP contribution in [0.2, 0.25) is 0 Å². The predicted molar refractivity (Wildman–Crippen MR) is 78.1 cm³/mol. The van der Waals surface area contributed by atoms with Crippen LogP contribution in [0, 0.1) is 23.0 Å². The SMILES string of the molecule is CC(C)C(C)(C)C1N(C)C=CN1c1ccc(F)cc1F. The van der Waals surface area contributed by atoms with Gasteiger partial charge in [-0.15, -0.1) is 0 Å². The summed E-state index contributed by atoms with van der Waals surface area (Å²) in [5, 5.41) is 0. The molecule has 0 aliphatic carbocycles. The van der Waals surface area contributed by atoms with Gasteiger partial charge in [-0.2, -0.15) is 0 Å². The van der Waals surface area contributed by atoms with Crippen LogP contribution in [0.5, 0.6) is 0 Å². The summed E-state index contributed by atoms with van der Waals surface area (Å²) in [7, 11) is 1.98. The molecule has 0 amide bonds. The van der Waals surface area contributed by atoms with E-state index in [2.05, 4.69) is 32.6 Å². The molecular weight excluding hydrogens is 258 g/mol. The second kappa shape index (κ2) is 5.08. The van der Waals surface area contributed by atoms with Crippen molar-refractivity contribution in [2.24, 2.45) is 11.3 Å². The second-order valence-electron chi connectivity index (χ2n) is 6.32. The molecule has 0 N–H and O–H groups in total. The first-order valence-corrected chi connectivity index (χ1v) is 6.88. The van der Waals surface area contributed by atoms with Gasteiger partial charge < -0.3 is 9.80 Å². The molecule has 0 bridgehead atoms. The molecule has 1 unspecified atom stereocenters. The Kier molecular flexibility index (Phi) is 3.76. The van der Waals surface area contributed by atoms with Crippen LogP contribution in [0.4, 0.5) is 14.5 Å². The number of anilines is 1. The lowest BCUT2D eigenvalue weighted by Crippen LogP contribution is -2.50. The van der Waals surface area contributed by atoms with Gasteiger partial charge in [0.05, 0.1) is 5.69 Å². The summed E-state index contributed by atoms with van der Waals surface area (Å²) >= 11 is 0.